The second kappa shape index (κ2) is 7.42. The minimum Gasteiger partial charge on any atom is -0.481 e. The molecule has 3 rings (SSSR count). The number of piperidine rings is 2. The molecule has 0 saturated carbocycles. The van der Waals surface area contributed by atoms with E-state index in [0.29, 0.717) is 18.1 Å². The van der Waals surface area contributed by atoms with Gasteiger partial charge in [0.05, 0.1) is 11.1 Å². The molecule has 3 heterocycles. The molecule has 0 radical (unpaired) electrons. The summed E-state index contributed by atoms with van der Waals surface area (Å²) in [5.74, 6) is 0.297. The Bertz CT molecular complexity index is 591. The summed E-state index contributed by atoms with van der Waals surface area (Å²) in [4.78, 5) is 21.9. The molecule has 2 aliphatic heterocycles. The van der Waals surface area contributed by atoms with Crippen LogP contribution in [0, 0.1) is 5.41 Å². The number of aliphatic carboxylic acids is 1. The Balaban J connectivity index is 1.65. The number of nitrogens with zero attached hydrogens (tertiary/aromatic N) is 2. The van der Waals surface area contributed by atoms with Gasteiger partial charge in [-0.2, -0.15) is 0 Å². The quantitative estimate of drug-likeness (QED) is 0.731. The summed E-state index contributed by atoms with van der Waals surface area (Å²) in [6.07, 6.45) is 5.55. The van der Waals surface area contributed by atoms with E-state index < -0.39 is 11.4 Å². The van der Waals surface area contributed by atoms with Gasteiger partial charge in [-0.05, 0) is 38.8 Å². The van der Waals surface area contributed by atoms with Crippen LogP contribution in [0.15, 0.2) is 0 Å². The number of unbranched alkanes of at least 4 members (excludes halogenated alkanes) is 1. The molecule has 0 aromatic carbocycles. The SMILES string of the molecule is CCCCc1nc(Cl)c(CN2CC[C@@]3(C(=O)O)CCCN[C@@H]3C2)[nH]1. The van der Waals surface area contributed by atoms with Gasteiger partial charge in [0.15, 0.2) is 5.15 Å². The number of carboxylic acids is 1. The first-order valence-electron chi connectivity index (χ1n) is 8.97. The molecular weight excluding hydrogens is 328 g/mol. The number of hydrogen-bond acceptors (Lipinski definition) is 4. The van der Waals surface area contributed by atoms with E-state index in [1.165, 1.54) is 0 Å². The maximum atomic E-state index is 11.8. The molecule has 0 bridgehead atoms. The van der Waals surface area contributed by atoms with Crippen LogP contribution in [0.25, 0.3) is 0 Å². The minimum atomic E-state index is -0.652. The van der Waals surface area contributed by atoms with Gasteiger partial charge in [0, 0.05) is 25.6 Å². The molecule has 24 heavy (non-hydrogen) atoms. The van der Waals surface area contributed by atoms with Gasteiger partial charge in [0.2, 0.25) is 0 Å². The van der Waals surface area contributed by atoms with Crippen molar-refractivity contribution in [1.82, 2.24) is 20.2 Å². The molecule has 6 nitrogen and oxygen atoms in total. The highest BCUT2D eigenvalue weighted by Gasteiger charge is 2.50. The number of hydrogen-bond donors (Lipinski definition) is 3. The maximum absolute atomic E-state index is 11.8. The molecule has 3 N–H and O–H groups in total. The van der Waals surface area contributed by atoms with Crippen LogP contribution in [-0.4, -0.2) is 51.6 Å². The summed E-state index contributed by atoms with van der Waals surface area (Å²) in [5, 5.41) is 13.7. The van der Waals surface area contributed by atoms with Crippen molar-refractivity contribution in [2.24, 2.45) is 5.41 Å². The van der Waals surface area contributed by atoms with Crippen LogP contribution in [0.2, 0.25) is 5.15 Å². The van der Waals surface area contributed by atoms with E-state index >= 15 is 0 Å². The number of imidazole rings is 1. The van der Waals surface area contributed by atoms with Gasteiger partial charge < -0.3 is 15.4 Å². The van der Waals surface area contributed by atoms with Gasteiger partial charge in [0.1, 0.15) is 5.82 Å². The molecule has 1 aromatic rings. The van der Waals surface area contributed by atoms with E-state index in [4.69, 9.17) is 11.6 Å². The highest BCUT2D eigenvalue weighted by Crippen LogP contribution is 2.39. The van der Waals surface area contributed by atoms with Crippen molar-refractivity contribution in [1.29, 1.82) is 0 Å². The molecule has 0 spiro atoms. The Kier molecular flexibility index (Phi) is 5.47. The first kappa shape index (κ1) is 17.7. The van der Waals surface area contributed by atoms with E-state index in [1.807, 2.05) is 0 Å². The van der Waals surface area contributed by atoms with Gasteiger partial charge in [-0.1, -0.05) is 24.9 Å². The highest BCUT2D eigenvalue weighted by molar-refractivity contribution is 6.30. The maximum Gasteiger partial charge on any atom is 0.311 e. The predicted molar refractivity (Wildman–Crippen MR) is 93.2 cm³/mol. The normalized spacial score (nSPS) is 27.8. The molecule has 0 unspecified atom stereocenters. The lowest BCUT2D eigenvalue weighted by molar-refractivity contribution is -0.156. The zero-order valence-corrected chi connectivity index (χ0v) is 15.0. The van der Waals surface area contributed by atoms with Crippen molar-refractivity contribution in [3.63, 3.8) is 0 Å². The number of fused-ring (bicyclic) bond motifs is 1. The fourth-order valence-electron chi connectivity index (χ4n) is 4.03. The van der Waals surface area contributed by atoms with Crippen LogP contribution in [0.3, 0.4) is 0 Å². The van der Waals surface area contributed by atoms with Crippen LogP contribution in [-0.2, 0) is 17.8 Å². The third-order valence-electron chi connectivity index (χ3n) is 5.52. The topological polar surface area (TPSA) is 81.2 Å². The number of nitrogens with one attached hydrogen (secondary N) is 2. The average Bonchev–Trinajstić information content (AvgIpc) is 2.92. The largest absolute Gasteiger partial charge is 0.481 e. The molecule has 0 amide bonds. The third kappa shape index (κ3) is 3.46. The van der Waals surface area contributed by atoms with Crippen LogP contribution >= 0.6 is 11.6 Å². The van der Waals surface area contributed by atoms with Gasteiger partial charge >= 0.3 is 5.97 Å². The van der Waals surface area contributed by atoms with Gasteiger partial charge in [-0.15, -0.1) is 0 Å². The van der Waals surface area contributed by atoms with Crippen LogP contribution in [0.4, 0.5) is 0 Å². The predicted octanol–water partition coefficient (Wildman–Crippen LogP) is 2.43. The lowest BCUT2D eigenvalue weighted by atomic mass is 9.69. The molecule has 1 aromatic heterocycles. The van der Waals surface area contributed by atoms with E-state index in [2.05, 4.69) is 27.1 Å². The summed E-state index contributed by atoms with van der Waals surface area (Å²) < 4.78 is 0. The molecule has 2 aliphatic rings. The number of aromatic amines is 1. The van der Waals surface area contributed by atoms with Crippen molar-refractivity contribution in [2.45, 2.75) is 58.0 Å². The fraction of sp³-hybridized carbons (Fsp3) is 0.765. The summed E-state index contributed by atoms with van der Waals surface area (Å²) in [7, 11) is 0. The second-order valence-electron chi connectivity index (χ2n) is 7.11. The fourth-order valence-corrected chi connectivity index (χ4v) is 4.24. The molecular formula is C17H27ClN4O2. The lowest BCUT2D eigenvalue weighted by Crippen LogP contribution is -2.62. The zero-order chi connectivity index (χ0) is 17.2. The number of carboxylic acid groups (broad SMARTS) is 1. The summed E-state index contributed by atoms with van der Waals surface area (Å²) in [6, 6.07) is 0.0127. The summed E-state index contributed by atoms with van der Waals surface area (Å²) in [5.41, 5.74) is 0.347. The number of halogens is 1. The van der Waals surface area contributed by atoms with E-state index in [0.717, 1.165) is 63.3 Å². The molecule has 134 valence electrons. The molecule has 2 saturated heterocycles. The number of H-pyrrole nitrogens is 1. The Labute approximate surface area is 148 Å². The first-order chi connectivity index (χ1) is 11.5. The molecule has 2 atom stereocenters. The van der Waals surface area contributed by atoms with Crippen molar-refractivity contribution in [3.05, 3.63) is 16.7 Å². The van der Waals surface area contributed by atoms with Crippen LogP contribution in [0.5, 0.6) is 0 Å². The summed E-state index contributed by atoms with van der Waals surface area (Å²) in [6.45, 7) is 5.28. The standard InChI is InChI=1S/C17H27ClN4O2/c1-2-3-5-14-20-12(15(18)21-14)10-22-9-7-17(16(23)24)6-4-8-19-13(17)11-22/h13,19H,2-11H2,1H3,(H,20,21)(H,23,24)/t13-,17+/m1/s1. The number of carbonyl (C=O) groups is 1. The smallest absolute Gasteiger partial charge is 0.311 e. The number of aryl methyl sites for hydroxylation is 1. The molecule has 7 heteroatoms. The summed E-state index contributed by atoms with van der Waals surface area (Å²) >= 11 is 6.28. The molecule has 2 fully saturated rings. The number of aromatic nitrogens is 2. The van der Waals surface area contributed by atoms with E-state index in [1.54, 1.807) is 0 Å². The Morgan fingerprint density at radius 3 is 3.08 bits per heavy atom. The Morgan fingerprint density at radius 1 is 1.50 bits per heavy atom. The Morgan fingerprint density at radius 2 is 2.33 bits per heavy atom. The average molecular weight is 355 g/mol. The first-order valence-corrected chi connectivity index (χ1v) is 9.35. The van der Waals surface area contributed by atoms with Crippen molar-refractivity contribution in [2.75, 3.05) is 19.6 Å². The Hall–Kier alpha value is -1.11. The van der Waals surface area contributed by atoms with E-state index in [-0.39, 0.29) is 6.04 Å². The van der Waals surface area contributed by atoms with Gasteiger partial charge in [-0.25, -0.2) is 4.98 Å². The van der Waals surface area contributed by atoms with Crippen molar-refractivity contribution >= 4 is 17.6 Å². The number of likely N-dealkylation sites (tertiary alicyclic amines) is 1. The number of rotatable bonds is 6. The van der Waals surface area contributed by atoms with Crippen molar-refractivity contribution < 1.29 is 9.90 Å². The third-order valence-corrected chi connectivity index (χ3v) is 5.84. The molecule has 0 aliphatic carbocycles. The second-order valence-corrected chi connectivity index (χ2v) is 7.47. The van der Waals surface area contributed by atoms with Gasteiger partial charge in [-0.3, -0.25) is 9.69 Å². The van der Waals surface area contributed by atoms with Crippen LogP contribution < -0.4 is 5.32 Å². The van der Waals surface area contributed by atoms with E-state index in [9.17, 15) is 9.90 Å². The lowest BCUT2D eigenvalue weighted by Gasteiger charge is -2.48. The monoisotopic (exact) mass is 354 g/mol. The highest BCUT2D eigenvalue weighted by atomic mass is 35.5. The minimum absolute atomic E-state index is 0.0127. The van der Waals surface area contributed by atoms with Gasteiger partial charge in [0.25, 0.3) is 0 Å². The van der Waals surface area contributed by atoms with Crippen LogP contribution in [0.1, 0.15) is 50.5 Å². The zero-order valence-electron chi connectivity index (χ0n) is 14.3. The van der Waals surface area contributed by atoms with Crippen molar-refractivity contribution in [3.8, 4) is 0 Å².